The van der Waals surface area contributed by atoms with Crippen molar-refractivity contribution in [2.24, 2.45) is 0 Å². The molecule has 27 heavy (non-hydrogen) atoms. The highest BCUT2D eigenvalue weighted by Crippen LogP contribution is 2.33. The molecule has 1 aliphatic rings. The molecule has 0 unspecified atom stereocenters. The van der Waals surface area contributed by atoms with Gasteiger partial charge in [-0.25, -0.2) is 0 Å². The second kappa shape index (κ2) is 10.2. The molecule has 2 N–H and O–H groups in total. The summed E-state index contributed by atoms with van der Waals surface area (Å²) < 4.78 is 4.58. The second-order valence-corrected chi connectivity index (χ2v) is 6.31. The van der Waals surface area contributed by atoms with Crippen LogP contribution in [0, 0.1) is 11.3 Å². The van der Waals surface area contributed by atoms with E-state index in [0.29, 0.717) is 0 Å². The van der Waals surface area contributed by atoms with Crippen molar-refractivity contribution in [1.82, 2.24) is 0 Å². The molecule has 1 aliphatic carbocycles. The maximum Gasteiger partial charge on any atom is 0.0902 e. The Labute approximate surface area is 160 Å². The third-order valence-corrected chi connectivity index (χ3v) is 4.68. The molecular formula is C24H25NO2. The predicted molar refractivity (Wildman–Crippen MR) is 112 cm³/mol. The Kier molecular flexibility index (Phi) is 7.61. The molecule has 138 valence electrons. The van der Waals surface area contributed by atoms with Crippen LogP contribution < -0.4 is 0 Å². The first-order valence-corrected chi connectivity index (χ1v) is 9.05. The molecule has 1 heterocycles. The van der Waals surface area contributed by atoms with Gasteiger partial charge in [0, 0.05) is 6.92 Å². The first-order valence-electron chi connectivity index (χ1n) is 9.05. The van der Waals surface area contributed by atoms with Crippen molar-refractivity contribution < 1.29 is 9.89 Å². The molecule has 0 amide bonds. The first-order chi connectivity index (χ1) is 12.8. The highest BCUT2D eigenvalue weighted by atomic mass is 16.3. The summed E-state index contributed by atoms with van der Waals surface area (Å²) in [5, 5.41) is 13.0. The van der Waals surface area contributed by atoms with Crippen LogP contribution in [-0.4, -0.2) is 5.48 Å². The lowest BCUT2D eigenvalue weighted by molar-refractivity contribution is 0.567. The van der Waals surface area contributed by atoms with E-state index in [1.54, 1.807) is 29.7 Å². The standard InChI is InChI=1S/C18H16.C4H4O.C2H3N.H2O/c1-3-7-15-13(5-1)9-11-18-16-8-4-2-6-14(16)10-12-17(15)18;1-2-4-5-3-1;1-2-3;/h1,3,5,7,9-12H,2,4,6,8H2;1-4H;1H3;1H2. The summed E-state index contributed by atoms with van der Waals surface area (Å²) in [6.07, 6.45) is 8.47. The Bertz CT molecular complexity index is 997. The fourth-order valence-corrected chi connectivity index (χ4v) is 3.57. The average Bonchev–Trinajstić information content (AvgIpc) is 3.28. The Morgan fingerprint density at radius 2 is 1.44 bits per heavy atom. The molecule has 0 radical (unpaired) electrons. The van der Waals surface area contributed by atoms with Crippen molar-refractivity contribution in [1.29, 1.82) is 5.26 Å². The smallest absolute Gasteiger partial charge is 0.0902 e. The van der Waals surface area contributed by atoms with Crippen molar-refractivity contribution in [2.45, 2.75) is 32.6 Å². The van der Waals surface area contributed by atoms with E-state index in [4.69, 9.17) is 5.26 Å². The number of hydrogen-bond donors (Lipinski definition) is 0. The lowest BCUT2D eigenvalue weighted by Gasteiger charge is -2.18. The van der Waals surface area contributed by atoms with Gasteiger partial charge in [0.25, 0.3) is 0 Å². The monoisotopic (exact) mass is 359 g/mol. The van der Waals surface area contributed by atoms with Gasteiger partial charge >= 0.3 is 0 Å². The Balaban J connectivity index is 0.000000247. The summed E-state index contributed by atoms with van der Waals surface area (Å²) in [5.41, 5.74) is 3.17. The highest BCUT2D eigenvalue weighted by Gasteiger charge is 2.13. The summed E-state index contributed by atoms with van der Waals surface area (Å²) in [6, 6.07) is 23.4. The van der Waals surface area contributed by atoms with Crippen LogP contribution >= 0.6 is 0 Å². The Hall–Kier alpha value is -3.09. The minimum Gasteiger partial charge on any atom is -0.473 e. The van der Waals surface area contributed by atoms with E-state index in [0.717, 1.165) is 0 Å². The topological polar surface area (TPSA) is 68.4 Å². The summed E-state index contributed by atoms with van der Waals surface area (Å²) in [5.74, 6) is 0. The molecule has 5 rings (SSSR count). The van der Waals surface area contributed by atoms with Crippen LogP contribution in [0.2, 0.25) is 0 Å². The molecule has 0 aliphatic heterocycles. The van der Waals surface area contributed by atoms with Gasteiger partial charge in [0.1, 0.15) is 0 Å². The zero-order valence-corrected chi connectivity index (χ0v) is 15.6. The number of nitrogens with zero attached hydrogens (tertiary/aromatic N) is 1. The maximum absolute atomic E-state index is 7.32. The van der Waals surface area contributed by atoms with Gasteiger partial charge < -0.3 is 9.89 Å². The molecule has 4 aromatic rings. The SMILES string of the molecule is CC#N.O.c1ccc2c(c1)ccc1c3c(ccc12)CCCC3.c1ccoc1. The summed E-state index contributed by atoms with van der Waals surface area (Å²) in [7, 11) is 0. The Morgan fingerprint density at radius 1 is 0.778 bits per heavy atom. The molecule has 3 aromatic carbocycles. The number of aryl methyl sites for hydroxylation is 2. The summed E-state index contributed by atoms with van der Waals surface area (Å²) in [6.45, 7) is 1.43. The first kappa shape index (κ1) is 20.2. The van der Waals surface area contributed by atoms with Crippen molar-refractivity contribution >= 4 is 21.5 Å². The van der Waals surface area contributed by atoms with Gasteiger partial charge in [0.15, 0.2) is 0 Å². The van der Waals surface area contributed by atoms with Gasteiger partial charge in [0.2, 0.25) is 0 Å². The molecule has 0 saturated carbocycles. The second-order valence-electron chi connectivity index (χ2n) is 6.31. The van der Waals surface area contributed by atoms with Gasteiger partial charge in [-0.1, -0.05) is 48.5 Å². The fourth-order valence-electron chi connectivity index (χ4n) is 3.57. The minimum atomic E-state index is 0. The van der Waals surface area contributed by atoms with E-state index < -0.39 is 0 Å². The largest absolute Gasteiger partial charge is 0.473 e. The van der Waals surface area contributed by atoms with E-state index >= 15 is 0 Å². The van der Waals surface area contributed by atoms with Crippen LogP contribution in [0.25, 0.3) is 21.5 Å². The molecule has 0 fully saturated rings. The number of nitriles is 1. The van der Waals surface area contributed by atoms with Crippen molar-refractivity contribution in [3.63, 3.8) is 0 Å². The van der Waals surface area contributed by atoms with E-state index in [1.807, 2.05) is 12.1 Å². The zero-order chi connectivity index (χ0) is 18.2. The highest BCUT2D eigenvalue weighted by molar-refractivity contribution is 6.08. The molecule has 3 nitrogen and oxygen atoms in total. The number of benzene rings is 3. The lowest BCUT2D eigenvalue weighted by atomic mass is 9.86. The third kappa shape index (κ3) is 4.75. The van der Waals surface area contributed by atoms with Gasteiger partial charge in [-0.2, -0.15) is 5.26 Å². The number of rotatable bonds is 0. The van der Waals surface area contributed by atoms with Crippen LogP contribution in [0.4, 0.5) is 0 Å². The number of furan rings is 1. The van der Waals surface area contributed by atoms with E-state index in [9.17, 15) is 0 Å². The fraction of sp³-hybridized carbons (Fsp3) is 0.208. The molecule has 0 spiro atoms. The van der Waals surface area contributed by atoms with Crippen LogP contribution in [0.3, 0.4) is 0 Å². The quantitative estimate of drug-likeness (QED) is 0.369. The minimum absolute atomic E-state index is 0. The van der Waals surface area contributed by atoms with E-state index in [1.165, 1.54) is 54.2 Å². The molecule has 1 aromatic heterocycles. The molecular weight excluding hydrogens is 334 g/mol. The zero-order valence-electron chi connectivity index (χ0n) is 15.6. The van der Waals surface area contributed by atoms with Gasteiger partial charge in [0.05, 0.1) is 18.6 Å². The molecule has 0 saturated heterocycles. The number of fused-ring (bicyclic) bond motifs is 5. The van der Waals surface area contributed by atoms with Crippen LogP contribution in [0.5, 0.6) is 0 Å². The molecule has 0 atom stereocenters. The van der Waals surface area contributed by atoms with Gasteiger partial charge in [-0.15, -0.1) is 0 Å². The summed E-state index contributed by atoms with van der Waals surface area (Å²) >= 11 is 0. The van der Waals surface area contributed by atoms with Gasteiger partial charge in [-0.3, -0.25) is 0 Å². The maximum atomic E-state index is 7.32. The summed E-state index contributed by atoms with van der Waals surface area (Å²) in [4.78, 5) is 0. The third-order valence-electron chi connectivity index (χ3n) is 4.68. The Morgan fingerprint density at radius 3 is 2.15 bits per heavy atom. The van der Waals surface area contributed by atoms with Crippen LogP contribution in [0.1, 0.15) is 30.9 Å². The van der Waals surface area contributed by atoms with E-state index in [2.05, 4.69) is 52.9 Å². The average molecular weight is 359 g/mol. The van der Waals surface area contributed by atoms with Crippen LogP contribution in [0.15, 0.2) is 77.6 Å². The molecule has 0 bridgehead atoms. The van der Waals surface area contributed by atoms with E-state index in [-0.39, 0.29) is 5.48 Å². The van der Waals surface area contributed by atoms with Crippen LogP contribution in [-0.2, 0) is 12.8 Å². The van der Waals surface area contributed by atoms with Crippen molar-refractivity contribution in [3.05, 3.63) is 84.3 Å². The normalized spacial score (nSPS) is 11.7. The number of hydrogen-bond acceptors (Lipinski definition) is 2. The van der Waals surface area contributed by atoms with Crippen molar-refractivity contribution in [3.8, 4) is 6.07 Å². The van der Waals surface area contributed by atoms with Crippen molar-refractivity contribution in [2.75, 3.05) is 0 Å². The predicted octanol–water partition coefficient (Wildman–Crippen LogP) is 5.86. The van der Waals surface area contributed by atoms with Gasteiger partial charge in [-0.05, 0) is 70.5 Å². The lowest BCUT2D eigenvalue weighted by Crippen LogP contribution is -2.02. The molecule has 3 heteroatoms.